The number of aliphatic carboxylic acids is 1. The highest BCUT2D eigenvalue weighted by Gasteiger charge is 2.31. The van der Waals surface area contributed by atoms with Crippen LogP contribution in [0, 0.1) is 12.7 Å². The van der Waals surface area contributed by atoms with Gasteiger partial charge in [0.1, 0.15) is 11.5 Å². The first kappa shape index (κ1) is 19.1. The Morgan fingerprint density at radius 1 is 1.33 bits per heavy atom. The number of fused-ring (bicyclic) bond motifs is 1. The number of carbonyl (C=O) groups is 2. The molecule has 1 N–H and O–H groups in total. The lowest BCUT2D eigenvalue weighted by Crippen LogP contribution is -2.39. The predicted molar refractivity (Wildman–Crippen MR) is 98.7 cm³/mol. The van der Waals surface area contributed by atoms with E-state index in [2.05, 4.69) is 5.10 Å². The number of aryl methyl sites for hydroxylation is 1. The van der Waals surface area contributed by atoms with Crippen LogP contribution in [0.4, 0.5) is 4.39 Å². The van der Waals surface area contributed by atoms with Crippen LogP contribution in [0.1, 0.15) is 54.0 Å². The van der Waals surface area contributed by atoms with E-state index in [9.17, 15) is 14.0 Å². The molecule has 0 spiro atoms. The van der Waals surface area contributed by atoms with Gasteiger partial charge < -0.3 is 10.0 Å². The number of para-hydroxylation sites is 1. The van der Waals surface area contributed by atoms with Crippen LogP contribution in [0.25, 0.3) is 5.69 Å². The van der Waals surface area contributed by atoms with E-state index < -0.39 is 5.97 Å². The van der Waals surface area contributed by atoms with Gasteiger partial charge in [0.25, 0.3) is 5.91 Å². The molecule has 0 unspecified atom stereocenters. The fourth-order valence-corrected chi connectivity index (χ4v) is 3.63. The van der Waals surface area contributed by atoms with Gasteiger partial charge in [-0.2, -0.15) is 5.10 Å². The van der Waals surface area contributed by atoms with Crippen LogP contribution in [0.15, 0.2) is 18.2 Å². The van der Waals surface area contributed by atoms with Crippen molar-refractivity contribution in [2.75, 3.05) is 6.54 Å². The number of carboxylic acid groups (broad SMARTS) is 1. The van der Waals surface area contributed by atoms with Gasteiger partial charge in [-0.25, -0.2) is 9.07 Å². The maximum atomic E-state index is 14.5. The zero-order valence-corrected chi connectivity index (χ0v) is 15.8. The molecule has 0 aliphatic heterocycles. The summed E-state index contributed by atoms with van der Waals surface area (Å²) in [7, 11) is 0. The highest BCUT2D eigenvalue weighted by Crippen LogP contribution is 2.30. The molecule has 2 aromatic rings. The number of carboxylic acids is 1. The number of hydrogen-bond acceptors (Lipinski definition) is 3. The molecule has 0 saturated carbocycles. The van der Waals surface area contributed by atoms with Crippen LogP contribution in [0.2, 0.25) is 0 Å². The standard InChI is InChI=1S/C20H24FN3O3/c1-12(2)23(11-10-17(25)26)20(27)18-14-7-5-9-16(14)24(22-18)19-13(3)6-4-8-15(19)21/h4,6,8,12H,5,7,9-11H2,1-3H3,(H,25,26). The molecule has 0 bridgehead atoms. The maximum absolute atomic E-state index is 14.5. The van der Waals surface area contributed by atoms with E-state index >= 15 is 0 Å². The molecule has 1 aliphatic rings. The van der Waals surface area contributed by atoms with Crippen molar-refractivity contribution < 1.29 is 19.1 Å². The minimum Gasteiger partial charge on any atom is -0.481 e. The van der Waals surface area contributed by atoms with E-state index in [4.69, 9.17) is 5.11 Å². The number of hydrogen-bond donors (Lipinski definition) is 1. The Morgan fingerprint density at radius 3 is 2.70 bits per heavy atom. The molecular formula is C20H24FN3O3. The van der Waals surface area contributed by atoms with Crippen molar-refractivity contribution in [2.24, 2.45) is 0 Å². The maximum Gasteiger partial charge on any atom is 0.305 e. The van der Waals surface area contributed by atoms with Crippen LogP contribution >= 0.6 is 0 Å². The normalized spacial score (nSPS) is 13.1. The summed E-state index contributed by atoms with van der Waals surface area (Å²) in [6.07, 6.45) is 2.21. The van der Waals surface area contributed by atoms with Crippen molar-refractivity contribution in [3.8, 4) is 5.69 Å². The first-order valence-electron chi connectivity index (χ1n) is 9.20. The lowest BCUT2D eigenvalue weighted by molar-refractivity contribution is -0.137. The Labute approximate surface area is 157 Å². The molecule has 1 aromatic carbocycles. The summed E-state index contributed by atoms with van der Waals surface area (Å²) in [6, 6.07) is 4.70. The second-order valence-electron chi connectivity index (χ2n) is 7.18. The van der Waals surface area contributed by atoms with Gasteiger partial charge in [0.05, 0.1) is 6.42 Å². The molecular weight excluding hydrogens is 349 g/mol. The SMILES string of the molecule is Cc1cccc(F)c1-n1nc(C(=O)N(CCC(=O)O)C(C)C)c2c1CCC2. The average Bonchev–Trinajstić information content (AvgIpc) is 3.17. The zero-order valence-electron chi connectivity index (χ0n) is 15.8. The third kappa shape index (κ3) is 3.59. The van der Waals surface area contributed by atoms with Crippen molar-refractivity contribution in [3.63, 3.8) is 0 Å². The highest BCUT2D eigenvalue weighted by molar-refractivity contribution is 5.94. The molecule has 1 heterocycles. The monoisotopic (exact) mass is 373 g/mol. The van der Waals surface area contributed by atoms with E-state index in [1.54, 1.807) is 10.7 Å². The number of halogens is 1. The molecule has 144 valence electrons. The summed E-state index contributed by atoms with van der Waals surface area (Å²) in [5.74, 6) is -1.62. The van der Waals surface area contributed by atoms with Crippen molar-refractivity contribution in [3.05, 3.63) is 46.5 Å². The molecule has 7 heteroatoms. The number of rotatable bonds is 6. The van der Waals surface area contributed by atoms with E-state index in [1.165, 1.54) is 11.0 Å². The summed E-state index contributed by atoms with van der Waals surface area (Å²) < 4.78 is 16.1. The van der Waals surface area contributed by atoms with Crippen molar-refractivity contribution in [1.82, 2.24) is 14.7 Å². The number of carbonyl (C=O) groups excluding carboxylic acids is 1. The lowest BCUT2D eigenvalue weighted by Gasteiger charge is -2.25. The first-order chi connectivity index (χ1) is 12.8. The highest BCUT2D eigenvalue weighted by atomic mass is 19.1. The summed E-state index contributed by atoms with van der Waals surface area (Å²) in [6.45, 7) is 5.62. The van der Waals surface area contributed by atoms with Crippen molar-refractivity contribution >= 4 is 11.9 Å². The van der Waals surface area contributed by atoms with Crippen LogP contribution < -0.4 is 0 Å². The van der Waals surface area contributed by atoms with E-state index in [-0.39, 0.29) is 30.7 Å². The summed E-state index contributed by atoms with van der Waals surface area (Å²) in [4.78, 5) is 25.6. The van der Waals surface area contributed by atoms with Crippen LogP contribution in [-0.4, -0.2) is 44.3 Å². The minimum atomic E-state index is -0.953. The zero-order chi connectivity index (χ0) is 19.7. The van der Waals surface area contributed by atoms with Gasteiger partial charge in [-0.15, -0.1) is 0 Å². The van der Waals surface area contributed by atoms with Gasteiger partial charge >= 0.3 is 5.97 Å². The third-order valence-corrected chi connectivity index (χ3v) is 4.98. The molecule has 27 heavy (non-hydrogen) atoms. The average molecular weight is 373 g/mol. The van der Waals surface area contributed by atoms with Crippen LogP contribution in [0.3, 0.4) is 0 Å². The summed E-state index contributed by atoms with van der Waals surface area (Å²) in [5.41, 5.74) is 3.15. The molecule has 1 amide bonds. The van der Waals surface area contributed by atoms with E-state index in [1.807, 2.05) is 26.8 Å². The predicted octanol–water partition coefficient (Wildman–Crippen LogP) is 3.13. The Bertz CT molecular complexity index is 869. The Morgan fingerprint density at radius 2 is 2.07 bits per heavy atom. The number of amides is 1. The van der Waals surface area contributed by atoms with Gasteiger partial charge in [0.15, 0.2) is 5.69 Å². The van der Waals surface area contributed by atoms with Gasteiger partial charge in [0.2, 0.25) is 0 Å². The molecule has 6 nitrogen and oxygen atoms in total. The lowest BCUT2D eigenvalue weighted by atomic mass is 10.1. The summed E-state index contributed by atoms with van der Waals surface area (Å²) in [5, 5.41) is 13.5. The number of aromatic nitrogens is 2. The summed E-state index contributed by atoms with van der Waals surface area (Å²) >= 11 is 0. The molecule has 0 saturated heterocycles. The van der Waals surface area contributed by atoms with Crippen LogP contribution in [0.5, 0.6) is 0 Å². The Hall–Kier alpha value is -2.70. The van der Waals surface area contributed by atoms with Gasteiger partial charge in [0, 0.05) is 23.8 Å². The van der Waals surface area contributed by atoms with E-state index in [0.717, 1.165) is 36.1 Å². The second kappa shape index (κ2) is 7.50. The van der Waals surface area contributed by atoms with Gasteiger partial charge in [-0.3, -0.25) is 9.59 Å². The molecule has 0 fully saturated rings. The number of nitrogens with zero attached hydrogens (tertiary/aromatic N) is 3. The molecule has 0 radical (unpaired) electrons. The Balaban J connectivity index is 2.05. The van der Waals surface area contributed by atoms with Gasteiger partial charge in [-0.05, 0) is 51.7 Å². The molecule has 1 aromatic heterocycles. The minimum absolute atomic E-state index is 0.117. The number of benzene rings is 1. The van der Waals surface area contributed by atoms with Crippen molar-refractivity contribution in [2.45, 2.75) is 52.5 Å². The first-order valence-corrected chi connectivity index (χ1v) is 9.20. The quantitative estimate of drug-likeness (QED) is 0.844. The smallest absolute Gasteiger partial charge is 0.305 e. The fourth-order valence-electron chi connectivity index (χ4n) is 3.63. The second-order valence-corrected chi connectivity index (χ2v) is 7.18. The third-order valence-electron chi connectivity index (χ3n) is 4.98. The molecule has 3 rings (SSSR count). The fraction of sp³-hybridized carbons (Fsp3) is 0.450. The van der Waals surface area contributed by atoms with E-state index in [0.29, 0.717) is 11.4 Å². The Kier molecular flexibility index (Phi) is 5.30. The van der Waals surface area contributed by atoms with Gasteiger partial charge in [-0.1, -0.05) is 12.1 Å². The van der Waals surface area contributed by atoms with Crippen LogP contribution in [-0.2, 0) is 17.6 Å². The largest absolute Gasteiger partial charge is 0.481 e. The van der Waals surface area contributed by atoms with Crippen molar-refractivity contribution in [1.29, 1.82) is 0 Å². The topological polar surface area (TPSA) is 75.4 Å². The molecule has 0 atom stereocenters. The molecule has 1 aliphatic carbocycles.